The first-order valence-corrected chi connectivity index (χ1v) is 15.3. The van der Waals surface area contributed by atoms with Crippen LogP contribution < -0.4 is 26.3 Å². The maximum absolute atomic E-state index is 14.7. The number of primary amides is 1. The van der Waals surface area contributed by atoms with E-state index >= 15 is 0 Å². The van der Waals surface area contributed by atoms with Gasteiger partial charge >= 0.3 is 0 Å². The quantitative estimate of drug-likeness (QED) is 0.0820. The number of benzene rings is 2. The van der Waals surface area contributed by atoms with Crippen LogP contribution in [0.3, 0.4) is 0 Å². The molecule has 15 heteroatoms. The van der Waals surface area contributed by atoms with Crippen molar-refractivity contribution in [3.8, 4) is 22.8 Å². The molecule has 1 aliphatic heterocycles. The summed E-state index contributed by atoms with van der Waals surface area (Å²) in [5.74, 6) is -4.70. The smallest absolute Gasteiger partial charge is 0.251 e. The van der Waals surface area contributed by atoms with E-state index in [1.165, 1.54) is 56.6 Å². The van der Waals surface area contributed by atoms with E-state index in [0.717, 1.165) is 18.3 Å². The highest BCUT2D eigenvalue weighted by Crippen LogP contribution is 2.47. The zero-order valence-electron chi connectivity index (χ0n) is 26.2. The largest absolute Gasteiger partial charge is 0.495 e. The Bertz CT molecular complexity index is 2040. The monoisotopic (exact) mass is 694 g/mol. The number of nitrogens with zero attached hydrogens (tertiary/aromatic N) is 3. The van der Waals surface area contributed by atoms with Crippen molar-refractivity contribution in [3.63, 3.8) is 0 Å². The molecule has 0 spiro atoms. The Kier molecular flexibility index (Phi) is 8.49. The van der Waals surface area contributed by atoms with Gasteiger partial charge < -0.3 is 31.4 Å². The Hall–Kier alpha value is -5.21. The predicted molar refractivity (Wildman–Crippen MR) is 174 cm³/mol. The molecule has 1 aliphatic carbocycles. The number of methoxy groups -OCH3 is 1. The van der Waals surface area contributed by atoms with E-state index in [4.69, 9.17) is 32.5 Å². The van der Waals surface area contributed by atoms with E-state index in [9.17, 15) is 27.9 Å². The number of carbonyl (C=O) groups excluding carboxylic acids is 2. The minimum Gasteiger partial charge on any atom is -0.495 e. The molecule has 3 heterocycles. The molecule has 0 radical (unpaired) electrons. The van der Waals surface area contributed by atoms with Gasteiger partial charge in [0.15, 0.2) is 5.79 Å². The third kappa shape index (κ3) is 6.13. The topological polar surface area (TPSA) is 175 Å². The van der Waals surface area contributed by atoms with Crippen LogP contribution in [-0.2, 0) is 15.8 Å². The summed E-state index contributed by atoms with van der Waals surface area (Å²) in [6.07, 6.45) is 2.91. The van der Waals surface area contributed by atoms with Gasteiger partial charge in [-0.3, -0.25) is 14.6 Å². The molecule has 49 heavy (non-hydrogen) atoms. The number of aliphatic hydroxyl groups is 1. The van der Waals surface area contributed by atoms with Crippen LogP contribution in [0.15, 0.2) is 59.7 Å². The highest BCUT2D eigenvalue weighted by molar-refractivity contribution is 6.33. The second kappa shape index (κ2) is 12.3. The SMILES string of the molecule is COc1cc(C(=O)NC[C@](O)(c2cccc(F)c2)c2cc3c(c(-c4ccnc(F)c4Cl)n2)OC[C@]3(C)C(N)=O)cc(/C=N/C2(F)CC2)c1N. The van der Waals surface area contributed by atoms with Crippen molar-refractivity contribution in [2.24, 2.45) is 10.7 Å². The van der Waals surface area contributed by atoms with Crippen LogP contribution >= 0.6 is 11.6 Å². The van der Waals surface area contributed by atoms with Gasteiger partial charge in [-0.25, -0.2) is 18.7 Å². The highest BCUT2D eigenvalue weighted by Gasteiger charge is 2.46. The van der Waals surface area contributed by atoms with Gasteiger partial charge in [0, 0.05) is 47.5 Å². The van der Waals surface area contributed by atoms with Gasteiger partial charge in [-0.1, -0.05) is 23.7 Å². The fourth-order valence-electron chi connectivity index (χ4n) is 5.45. The molecule has 6 N–H and O–H groups in total. The number of nitrogen functional groups attached to an aromatic ring is 1. The van der Waals surface area contributed by atoms with E-state index in [2.05, 4.69) is 20.3 Å². The second-order valence-electron chi connectivity index (χ2n) is 12.1. The van der Waals surface area contributed by atoms with Crippen molar-refractivity contribution in [1.82, 2.24) is 15.3 Å². The summed E-state index contributed by atoms with van der Waals surface area (Å²) in [6.45, 7) is 0.719. The number of anilines is 1. The average molecular weight is 695 g/mol. The molecule has 1 fully saturated rings. The van der Waals surface area contributed by atoms with Crippen LogP contribution in [0, 0.1) is 11.8 Å². The van der Waals surface area contributed by atoms with Crippen molar-refractivity contribution < 1.29 is 37.3 Å². The lowest BCUT2D eigenvalue weighted by Crippen LogP contribution is -2.43. The summed E-state index contributed by atoms with van der Waals surface area (Å²) in [5.41, 5.74) is 8.56. The van der Waals surface area contributed by atoms with E-state index in [1.54, 1.807) is 0 Å². The van der Waals surface area contributed by atoms with Gasteiger partial charge in [-0.2, -0.15) is 4.39 Å². The summed E-state index contributed by atoms with van der Waals surface area (Å²) in [7, 11) is 1.34. The first kappa shape index (κ1) is 33.7. The maximum Gasteiger partial charge on any atom is 0.251 e. The lowest BCUT2D eigenvalue weighted by molar-refractivity contribution is -0.123. The number of hydrogen-bond donors (Lipinski definition) is 4. The van der Waals surface area contributed by atoms with Gasteiger partial charge in [0.05, 0.1) is 25.0 Å². The van der Waals surface area contributed by atoms with Gasteiger partial charge in [0.1, 0.15) is 45.7 Å². The zero-order valence-corrected chi connectivity index (χ0v) is 26.9. The van der Waals surface area contributed by atoms with Crippen LogP contribution in [0.4, 0.5) is 18.9 Å². The highest BCUT2D eigenvalue weighted by atomic mass is 35.5. The zero-order chi connectivity index (χ0) is 35.3. The number of nitrogens with one attached hydrogen (secondary N) is 1. The molecule has 254 valence electrons. The molecular formula is C34H30ClF3N6O5. The van der Waals surface area contributed by atoms with E-state index in [0.29, 0.717) is 0 Å². The van der Waals surface area contributed by atoms with Crippen LogP contribution in [0.1, 0.15) is 52.5 Å². The Balaban J connectivity index is 1.47. The number of rotatable bonds is 10. The average Bonchev–Trinajstić information content (AvgIpc) is 3.72. The summed E-state index contributed by atoms with van der Waals surface area (Å²) < 4.78 is 54.6. The number of aromatic nitrogens is 2. The standard InChI is InChI=1S/C34H30ClF3N6O5/c1-32(31(40)46)16-49-28-22(32)13-24(44-27(28)21-6-9-41-29(37)25(21)35)34(47,19-4-3-5-20(36)12-19)15-42-30(45)17-10-18(14-43-33(38)7-8-33)26(39)23(11-17)48-2/h3-6,9-14,47H,7-8,15-16,39H2,1-2H3,(H2,40,46)(H,42,45)/b43-14+/t32-,34-/m0/s1. The fourth-order valence-corrected chi connectivity index (χ4v) is 5.65. The van der Waals surface area contributed by atoms with Crippen LogP contribution in [0.25, 0.3) is 11.3 Å². The molecule has 11 nitrogen and oxygen atoms in total. The number of amides is 2. The van der Waals surface area contributed by atoms with Crippen molar-refractivity contribution in [3.05, 3.63) is 99.5 Å². The summed E-state index contributed by atoms with van der Waals surface area (Å²) in [6, 6.07) is 10.4. The molecule has 2 aromatic heterocycles. The first-order valence-electron chi connectivity index (χ1n) is 15.0. The van der Waals surface area contributed by atoms with Gasteiger partial charge in [0.25, 0.3) is 5.91 Å². The van der Waals surface area contributed by atoms with Crippen molar-refractivity contribution in [1.29, 1.82) is 0 Å². The lowest BCUT2D eigenvalue weighted by atomic mass is 9.80. The lowest BCUT2D eigenvalue weighted by Gasteiger charge is -2.30. The summed E-state index contributed by atoms with van der Waals surface area (Å²) in [5, 5.41) is 14.7. The molecule has 0 saturated heterocycles. The van der Waals surface area contributed by atoms with Gasteiger partial charge in [-0.05, 0) is 48.9 Å². The Morgan fingerprint density at radius 3 is 2.65 bits per heavy atom. The number of halogens is 4. The molecule has 0 unspecified atom stereocenters. The number of fused-ring (bicyclic) bond motifs is 1. The van der Waals surface area contributed by atoms with Crippen LogP contribution in [-0.4, -0.2) is 59.2 Å². The van der Waals surface area contributed by atoms with Crippen molar-refractivity contribution in [2.45, 2.75) is 36.6 Å². The maximum atomic E-state index is 14.7. The van der Waals surface area contributed by atoms with E-state index < -0.39 is 52.0 Å². The first-order chi connectivity index (χ1) is 23.2. The van der Waals surface area contributed by atoms with Crippen molar-refractivity contribution in [2.75, 3.05) is 26.0 Å². The number of ether oxygens (including phenoxy) is 2. The minimum absolute atomic E-state index is 0.0224. The molecule has 4 aromatic rings. The molecule has 2 atom stereocenters. The number of hydrogen-bond acceptors (Lipinski definition) is 9. The van der Waals surface area contributed by atoms with E-state index in [1.807, 2.05) is 0 Å². The fraction of sp³-hybridized carbons (Fsp3) is 0.265. The normalized spacial score (nSPS) is 18.8. The van der Waals surface area contributed by atoms with Crippen LogP contribution in [0.5, 0.6) is 11.5 Å². The number of pyridine rings is 2. The van der Waals surface area contributed by atoms with Gasteiger partial charge in [-0.15, -0.1) is 0 Å². The molecule has 2 aliphatic rings. The summed E-state index contributed by atoms with van der Waals surface area (Å²) in [4.78, 5) is 38.4. The molecule has 2 amide bonds. The number of aliphatic imine (C=N–C) groups is 1. The van der Waals surface area contributed by atoms with Crippen LogP contribution in [0.2, 0.25) is 5.02 Å². The molecular weight excluding hydrogens is 665 g/mol. The van der Waals surface area contributed by atoms with Crippen molar-refractivity contribution >= 4 is 35.3 Å². The number of nitrogens with two attached hydrogens (primary N) is 2. The summed E-state index contributed by atoms with van der Waals surface area (Å²) >= 11 is 6.29. The third-order valence-corrected chi connectivity index (χ3v) is 9.06. The third-order valence-electron chi connectivity index (χ3n) is 8.70. The number of carbonyl (C=O) groups is 2. The van der Waals surface area contributed by atoms with Gasteiger partial charge in [0.2, 0.25) is 11.9 Å². The number of alkyl halides is 1. The Morgan fingerprint density at radius 1 is 1.22 bits per heavy atom. The second-order valence-corrected chi connectivity index (χ2v) is 12.5. The van der Waals surface area contributed by atoms with E-state index in [-0.39, 0.29) is 75.8 Å². The Labute approximate surface area is 283 Å². The molecule has 0 bridgehead atoms. The predicted octanol–water partition coefficient (Wildman–Crippen LogP) is 4.35. The Morgan fingerprint density at radius 2 is 1.98 bits per heavy atom. The molecule has 2 aromatic carbocycles. The molecule has 6 rings (SSSR count). The minimum atomic E-state index is -2.28. The molecule has 1 saturated carbocycles.